The van der Waals surface area contributed by atoms with Crippen LogP contribution in [-0.2, 0) is 14.3 Å². The second-order valence-electron chi connectivity index (χ2n) is 6.62. The number of carbonyl (C=O) groups excluding carboxylic acids is 3. The Labute approximate surface area is 190 Å². The van der Waals surface area contributed by atoms with Gasteiger partial charge in [0.1, 0.15) is 17.2 Å². The van der Waals surface area contributed by atoms with E-state index in [-0.39, 0.29) is 29.6 Å². The van der Waals surface area contributed by atoms with Crippen LogP contribution in [0.2, 0.25) is 0 Å². The van der Waals surface area contributed by atoms with Gasteiger partial charge in [-0.2, -0.15) is 4.99 Å². The van der Waals surface area contributed by atoms with E-state index in [1.54, 1.807) is 49.4 Å². The fourth-order valence-corrected chi connectivity index (χ4v) is 3.23. The minimum atomic E-state index is -0.906. The highest BCUT2D eigenvalue weighted by Crippen LogP contribution is 2.15. The van der Waals surface area contributed by atoms with Crippen molar-refractivity contribution in [1.82, 2.24) is 0 Å². The second-order valence-corrected chi connectivity index (χ2v) is 7.60. The molecule has 0 radical (unpaired) electrons. The quantitative estimate of drug-likeness (QED) is 0.174. The van der Waals surface area contributed by atoms with Crippen LogP contribution in [0.4, 0.5) is 5.69 Å². The van der Waals surface area contributed by atoms with Crippen molar-refractivity contribution < 1.29 is 24.2 Å². The molecule has 2 aromatic rings. The molecule has 2 rings (SSSR count). The normalized spacial score (nSPS) is 12.0. The number of nitrogens with zero attached hydrogens (tertiary/aromatic N) is 1. The summed E-state index contributed by atoms with van der Waals surface area (Å²) in [7, 11) is 0. The number of ether oxygens (including phenoxy) is 1. The number of benzene rings is 2. The number of anilines is 1. The molecule has 8 nitrogen and oxygen atoms in total. The number of aliphatic hydroxyl groups excluding tert-OH is 1. The number of esters is 1. The lowest BCUT2D eigenvalue weighted by Gasteiger charge is -2.10. The van der Waals surface area contributed by atoms with E-state index in [0.29, 0.717) is 5.69 Å². The molecule has 0 heterocycles. The Morgan fingerprint density at radius 3 is 2.34 bits per heavy atom. The molecule has 0 saturated heterocycles. The standard InChI is InChI=1S/C23H25N3O5S/c1-3-31-23(30)20(21(24)26-22(29)16-7-5-4-6-8-16)18(27)13-32-14-19(28)25-17-11-9-15(2)10-12-17/h4-12,27H,3,13-14H2,1-2H3,(H,25,28)(H2,24,26,29)/b20-18-. The van der Waals surface area contributed by atoms with Crippen molar-refractivity contribution in [3.8, 4) is 0 Å². The first-order valence-electron chi connectivity index (χ1n) is 9.79. The number of aliphatic hydroxyl groups is 1. The van der Waals surface area contributed by atoms with E-state index in [2.05, 4.69) is 10.3 Å². The van der Waals surface area contributed by atoms with E-state index in [9.17, 15) is 19.5 Å². The lowest BCUT2D eigenvalue weighted by Crippen LogP contribution is -2.27. The Hall–Kier alpha value is -3.59. The summed E-state index contributed by atoms with van der Waals surface area (Å²) in [6.45, 7) is 3.58. The van der Waals surface area contributed by atoms with Crippen LogP contribution in [0.3, 0.4) is 0 Å². The molecule has 0 aromatic heterocycles. The van der Waals surface area contributed by atoms with E-state index >= 15 is 0 Å². The van der Waals surface area contributed by atoms with Gasteiger partial charge in [0.05, 0.1) is 18.1 Å². The molecule has 0 atom stereocenters. The van der Waals surface area contributed by atoms with E-state index < -0.39 is 29.0 Å². The maximum Gasteiger partial charge on any atom is 0.345 e. The molecule has 0 aliphatic rings. The van der Waals surface area contributed by atoms with Crippen molar-refractivity contribution in [1.29, 1.82) is 0 Å². The highest BCUT2D eigenvalue weighted by molar-refractivity contribution is 8.00. The zero-order valence-electron chi connectivity index (χ0n) is 17.8. The molecule has 0 spiro atoms. The highest BCUT2D eigenvalue weighted by atomic mass is 32.2. The molecule has 0 aliphatic carbocycles. The summed E-state index contributed by atoms with van der Waals surface area (Å²) in [6.07, 6.45) is 0. The van der Waals surface area contributed by atoms with Gasteiger partial charge in [-0.25, -0.2) is 4.79 Å². The maximum absolute atomic E-state index is 12.3. The number of amides is 2. The Kier molecular flexibility index (Phi) is 9.49. The molecule has 0 unspecified atom stereocenters. The maximum atomic E-state index is 12.3. The summed E-state index contributed by atoms with van der Waals surface area (Å²) in [6, 6.07) is 15.5. The number of hydrogen-bond donors (Lipinski definition) is 3. The molecule has 32 heavy (non-hydrogen) atoms. The molecular formula is C23H25N3O5S. The number of nitrogens with one attached hydrogen (secondary N) is 1. The first-order valence-corrected chi connectivity index (χ1v) is 10.9. The Balaban J connectivity index is 2.08. The smallest absolute Gasteiger partial charge is 0.345 e. The van der Waals surface area contributed by atoms with Gasteiger partial charge in [-0.3, -0.25) is 9.59 Å². The van der Waals surface area contributed by atoms with Gasteiger partial charge < -0.3 is 20.9 Å². The monoisotopic (exact) mass is 455 g/mol. The van der Waals surface area contributed by atoms with Gasteiger partial charge >= 0.3 is 5.97 Å². The lowest BCUT2D eigenvalue weighted by atomic mass is 10.2. The predicted molar refractivity (Wildman–Crippen MR) is 126 cm³/mol. The molecule has 0 saturated carbocycles. The van der Waals surface area contributed by atoms with Gasteiger partial charge in [0.25, 0.3) is 5.91 Å². The summed E-state index contributed by atoms with van der Waals surface area (Å²) in [5.74, 6) is -2.82. The SMILES string of the molecule is CCOC(=O)/C(C(N)=NC(=O)c1ccccc1)=C(\O)CSCC(=O)Nc1ccc(C)cc1. The van der Waals surface area contributed by atoms with E-state index in [1.807, 2.05) is 19.1 Å². The molecule has 0 bridgehead atoms. The van der Waals surface area contributed by atoms with Crippen LogP contribution in [-0.4, -0.2) is 46.8 Å². The van der Waals surface area contributed by atoms with Crippen molar-refractivity contribution in [3.05, 3.63) is 77.1 Å². The van der Waals surface area contributed by atoms with Crippen LogP contribution in [0, 0.1) is 6.92 Å². The van der Waals surface area contributed by atoms with Crippen molar-refractivity contribution in [2.24, 2.45) is 10.7 Å². The Bertz CT molecular complexity index is 1020. The van der Waals surface area contributed by atoms with Gasteiger partial charge in [-0.05, 0) is 38.1 Å². The summed E-state index contributed by atoms with van der Waals surface area (Å²) in [5.41, 5.74) is 7.46. The zero-order chi connectivity index (χ0) is 23.5. The molecule has 2 aromatic carbocycles. The number of amidine groups is 1. The number of thioether (sulfide) groups is 1. The fraction of sp³-hybridized carbons (Fsp3) is 0.217. The van der Waals surface area contributed by atoms with Crippen LogP contribution in [0.5, 0.6) is 0 Å². The molecular weight excluding hydrogens is 430 g/mol. The van der Waals surface area contributed by atoms with Crippen LogP contribution in [0.15, 0.2) is 70.9 Å². The van der Waals surface area contributed by atoms with Crippen LogP contribution in [0.25, 0.3) is 0 Å². The van der Waals surface area contributed by atoms with E-state index in [4.69, 9.17) is 10.5 Å². The van der Waals surface area contributed by atoms with Crippen LogP contribution in [0.1, 0.15) is 22.8 Å². The molecule has 4 N–H and O–H groups in total. The highest BCUT2D eigenvalue weighted by Gasteiger charge is 2.22. The predicted octanol–water partition coefficient (Wildman–Crippen LogP) is 3.24. The van der Waals surface area contributed by atoms with Crippen LogP contribution < -0.4 is 11.1 Å². The number of hydrogen-bond acceptors (Lipinski definition) is 6. The van der Waals surface area contributed by atoms with Gasteiger partial charge in [0.2, 0.25) is 5.91 Å². The van der Waals surface area contributed by atoms with Gasteiger partial charge in [0.15, 0.2) is 0 Å². The van der Waals surface area contributed by atoms with Crippen molar-refractivity contribution >= 4 is 41.1 Å². The summed E-state index contributed by atoms with van der Waals surface area (Å²) < 4.78 is 4.93. The molecule has 0 aliphatic heterocycles. The average Bonchev–Trinajstić information content (AvgIpc) is 2.76. The van der Waals surface area contributed by atoms with Crippen molar-refractivity contribution in [2.45, 2.75) is 13.8 Å². The van der Waals surface area contributed by atoms with Gasteiger partial charge in [-0.15, -0.1) is 11.8 Å². The molecule has 168 valence electrons. The minimum absolute atomic E-state index is 0.0219. The number of rotatable bonds is 9. The minimum Gasteiger partial charge on any atom is -0.510 e. The first kappa shape index (κ1) is 24.7. The third-order valence-electron chi connectivity index (χ3n) is 4.07. The lowest BCUT2D eigenvalue weighted by molar-refractivity contribution is -0.138. The third-order valence-corrected chi connectivity index (χ3v) is 5.02. The van der Waals surface area contributed by atoms with Crippen molar-refractivity contribution in [2.75, 3.05) is 23.4 Å². The second kappa shape index (κ2) is 12.3. The largest absolute Gasteiger partial charge is 0.510 e. The zero-order valence-corrected chi connectivity index (χ0v) is 18.6. The Morgan fingerprint density at radius 2 is 1.72 bits per heavy atom. The summed E-state index contributed by atoms with van der Waals surface area (Å²) in [4.78, 5) is 40.4. The average molecular weight is 456 g/mol. The third kappa shape index (κ3) is 7.59. The summed E-state index contributed by atoms with van der Waals surface area (Å²) >= 11 is 1.07. The van der Waals surface area contributed by atoms with E-state index in [0.717, 1.165) is 17.3 Å². The number of nitrogens with two attached hydrogens (primary N) is 1. The topological polar surface area (TPSA) is 131 Å². The molecule has 9 heteroatoms. The number of carbonyl (C=O) groups is 3. The number of aryl methyl sites for hydroxylation is 1. The molecule has 2 amide bonds. The number of aliphatic imine (C=N–C) groups is 1. The van der Waals surface area contributed by atoms with E-state index in [1.165, 1.54) is 0 Å². The van der Waals surface area contributed by atoms with Gasteiger partial charge in [-0.1, -0.05) is 35.9 Å². The van der Waals surface area contributed by atoms with Gasteiger partial charge in [0, 0.05) is 11.3 Å². The van der Waals surface area contributed by atoms with Crippen LogP contribution >= 0.6 is 11.8 Å². The fourth-order valence-electron chi connectivity index (χ4n) is 2.53. The molecule has 0 fully saturated rings. The summed E-state index contributed by atoms with van der Waals surface area (Å²) in [5, 5.41) is 13.2. The van der Waals surface area contributed by atoms with Crippen molar-refractivity contribution in [3.63, 3.8) is 0 Å². The Morgan fingerprint density at radius 1 is 1.06 bits per heavy atom. The first-order chi connectivity index (χ1) is 15.3.